The van der Waals surface area contributed by atoms with E-state index in [0.717, 1.165) is 15.7 Å². The third kappa shape index (κ3) is 3.94. The first kappa shape index (κ1) is 15.8. The van der Waals surface area contributed by atoms with Crippen molar-refractivity contribution in [1.82, 2.24) is 0 Å². The fraction of sp³-hybridized carbons (Fsp3) is 0.278. The van der Waals surface area contributed by atoms with E-state index >= 15 is 0 Å². The molecule has 0 aliphatic carbocycles. The van der Waals surface area contributed by atoms with Crippen LogP contribution in [0.3, 0.4) is 0 Å². The summed E-state index contributed by atoms with van der Waals surface area (Å²) < 4.78 is 0.832. The van der Waals surface area contributed by atoms with Gasteiger partial charge in [0.05, 0.1) is 0 Å². The Hall–Kier alpha value is -1.61. The minimum absolute atomic E-state index is 0.0224. The number of carbonyl (C=O) groups is 1. The molecule has 2 aromatic rings. The topological polar surface area (TPSA) is 29.1 Å². The van der Waals surface area contributed by atoms with Crippen molar-refractivity contribution in [2.75, 3.05) is 5.32 Å². The molecule has 0 radical (unpaired) electrons. The maximum atomic E-state index is 12.8. The number of anilines is 1. The van der Waals surface area contributed by atoms with Gasteiger partial charge in [0.1, 0.15) is 0 Å². The lowest BCUT2D eigenvalue weighted by Gasteiger charge is -2.24. The summed E-state index contributed by atoms with van der Waals surface area (Å²) in [6.45, 7) is 8.25. The Morgan fingerprint density at radius 3 is 2.33 bits per heavy atom. The molecule has 2 rings (SSSR count). The molecule has 2 nitrogen and oxygen atoms in total. The normalized spacial score (nSPS) is 11.3. The maximum absolute atomic E-state index is 12.8. The van der Waals surface area contributed by atoms with E-state index < -0.39 is 0 Å². The number of nitrogens with one attached hydrogen (secondary N) is 1. The fourth-order valence-electron chi connectivity index (χ4n) is 2.14. The average molecular weight is 346 g/mol. The van der Waals surface area contributed by atoms with E-state index in [4.69, 9.17) is 0 Å². The van der Waals surface area contributed by atoms with E-state index in [9.17, 15) is 4.79 Å². The van der Waals surface area contributed by atoms with Gasteiger partial charge in [-0.3, -0.25) is 4.79 Å². The summed E-state index contributed by atoms with van der Waals surface area (Å²) in [7, 11) is 0. The van der Waals surface area contributed by atoms with Crippen LogP contribution in [-0.4, -0.2) is 11.3 Å². The molecule has 3 heteroatoms. The Morgan fingerprint density at radius 2 is 1.71 bits per heavy atom. The van der Waals surface area contributed by atoms with Crippen molar-refractivity contribution in [3.8, 4) is 0 Å². The second-order valence-electron chi connectivity index (χ2n) is 6.23. The first-order chi connectivity index (χ1) is 9.78. The summed E-state index contributed by atoms with van der Waals surface area (Å²) in [5.41, 5.74) is 3.27. The third-order valence-electron chi connectivity index (χ3n) is 3.05. The summed E-state index contributed by atoms with van der Waals surface area (Å²) >= 11 is 3.49. The van der Waals surface area contributed by atoms with Crippen LogP contribution in [0.25, 0.3) is 0 Å². The lowest BCUT2D eigenvalue weighted by molar-refractivity contribution is 0.103. The molecular formula is C18H20BrNO. The predicted molar refractivity (Wildman–Crippen MR) is 92.1 cm³/mol. The highest BCUT2D eigenvalue weighted by Gasteiger charge is 2.18. The van der Waals surface area contributed by atoms with Gasteiger partial charge in [0.2, 0.25) is 0 Å². The standard InChI is InChI=1S/C18H20BrNO/c1-12-9-10-13(15(19)11-12)17(21)14-7-5-6-8-16(14)20-18(2,3)4/h5-11,20H,1-4H3. The van der Waals surface area contributed by atoms with E-state index in [1.54, 1.807) is 0 Å². The SMILES string of the molecule is Cc1ccc(C(=O)c2ccccc2NC(C)(C)C)c(Br)c1. The number of benzene rings is 2. The predicted octanol–water partition coefficient (Wildman–Crippen LogP) is 5.20. The second kappa shape index (κ2) is 6.02. The Balaban J connectivity index is 2.44. The highest BCUT2D eigenvalue weighted by molar-refractivity contribution is 9.10. The average Bonchev–Trinajstić information content (AvgIpc) is 2.36. The number of hydrogen-bond acceptors (Lipinski definition) is 2. The van der Waals surface area contributed by atoms with E-state index in [2.05, 4.69) is 42.0 Å². The number of carbonyl (C=O) groups excluding carboxylic acids is 1. The first-order valence-corrected chi connectivity index (χ1v) is 7.75. The number of para-hydroxylation sites is 1. The zero-order chi connectivity index (χ0) is 15.6. The lowest BCUT2D eigenvalue weighted by atomic mass is 9.99. The van der Waals surface area contributed by atoms with Crippen molar-refractivity contribution in [3.63, 3.8) is 0 Å². The first-order valence-electron chi connectivity index (χ1n) is 6.96. The van der Waals surface area contributed by atoms with Crippen LogP contribution >= 0.6 is 15.9 Å². The van der Waals surface area contributed by atoms with Gasteiger partial charge in [0.25, 0.3) is 0 Å². The van der Waals surface area contributed by atoms with Crippen LogP contribution in [0.4, 0.5) is 5.69 Å². The molecule has 0 saturated heterocycles. The molecule has 0 aliphatic heterocycles. The van der Waals surface area contributed by atoms with Crippen LogP contribution in [-0.2, 0) is 0 Å². The van der Waals surface area contributed by atoms with Gasteiger partial charge in [-0.25, -0.2) is 0 Å². The molecule has 1 N–H and O–H groups in total. The largest absolute Gasteiger partial charge is 0.380 e. The molecule has 0 spiro atoms. The molecule has 0 aliphatic rings. The van der Waals surface area contributed by atoms with Crippen molar-refractivity contribution in [1.29, 1.82) is 0 Å². The molecular weight excluding hydrogens is 326 g/mol. The van der Waals surface area contributed by atoms with Gasteiger partial charge in [0, 0.05) is 26.8 Å². The van der Waals surface area contributed by atoms with E-state index in [0.29, 0.717) is 11.1 Å². The fourth-order valence-corrected chi connectivity index (χ4v) is 2.82. The van der Waals surface area contributed by atoms with Gasteiger partial charge in [-0.1, -0.05) is 34.1 Å². The Morgan fingerprint density at radius 1 is 1.05 bits per heavy atom. The molecule has 2 aromatic carbocycles. The van der Waals surface area contributed by atoms with Gasteiger partial charge in [-0.2, -0.15) is 0 Å². The third-order valence-corrected chi connectivity index (χ3v) is 3.71. The number of ketones is 1. The van der Waals surface area contributed by atoms with Crippen LogP contribution in [0.2, 0.25) is 0 Å². The quantitative estimate of drug-likeness (QED) is 0.774. The molecule has 0 heterocycles. The van der Waals surface area contributed by atoms with Gasteiger partial charge in [-0.05, 0) is 57.5 Å². The zero-order valence-corrected chi connectivity index (χ0v) is 14.4. The Bertz CT molecular complexity index is 671. The summed E-state index contributed by atoms with van der Waals surface area (Å²) in [4.78, 5) is 12.8. The van der Waals surface area contributed by atoms with Crippen LogP contribution in [0, 0.1) is 6.92 Å². The minimum Gasteiger partial charge on any atom is -0.380 e. The highest BCUT2D eigenvalue weighted by Crippen LogP contribution is 2.26. The molecule has 0 aromatic heterocycles. The Labute approximate surface area is 134 Å². The van der Waals surface area contributed by atoms with Crippen molar-refractivity contribution in [2.24, 2.45) is 0 Å². The van der Waals surface area contributed by atoms with Crippen molar-refractivity contribution >= 4 is 27.4 Å². The molecule has 0 fully saturated rings. The van der Waals surface area contributed by atoms with Crippen LogP contribution in [0.5, 0.6) is 0 Å². The molecule has 0 saturated carbocycles. The molecule has 0 bridgehead atoms. The monoisotopic (exact) mass is 345 g/mol. The number of halogens is 1. The maximum Gasteiger partial charge on any atom is 0.196 e. The second-order valence-corrected chi connectivity index (χ2v) is 7.09. The van der Waals surface area contributed by atoms with Crippen molar-refractivity contribution in [2.45, 2.75) is 33.2 Å². The van der Waals surface area contributed by atoms with Crippen molar-refractivity contribution < 1.29 is 4.79 Å². The summed E-state index contributed by atoms with van der Waals surface area (Å²) in [5.74, 6) is 0.0224. The smallest absolute Gasteiger partial charge is 0.196 e. The van der Waals surface area contributed by atoms with Gasteiger partial charge in [-0.15, -0.1) is 0 Å². The number of rotatable bonds is 3. The van der Waals surface area contributed by atoms with Gasteiger partial charge in [0.15, 0.2) is 5.78 Å². The summed E-state index contributed by atoms with van der Waals surface area (Å²) in [5, 5.41) is 3.40. The van der Waals surface area contributed by atoms with Crippen LogP contribution < -0.4 is 5.32 Å². The van der Waals surface area contributed by atoms with E-state index in [-0.39, 0.29) is 11.3 Å². The summed E-state index contributed by atoms with van der Waals surface area (Å²) in [6.07, 6.45) is 0. The molecule has 0 amide bonds. The molecule has 21 heavy (non-hydrogen) atoms. The lowest BCUT2D eigenvalue weighted by Crippen LogP contribution is -2.27. The summed E-state index contributed by atoms with van der Waals surface area (Å²) in [6, 6.07) is 13.4. The van der Waals surface area contributed by atoms with Crippen LogP contribution in [0.15, 0.2) is 46.9 Å². The molecule has 0 unspecified atom stereocenters. The van der Waals surface area contributed by atoms with Gasteiger partial charge < -0.3 is 5.32 Å². The Kier molecular flexibility index (Phi) is 4.52. The number of hydrogen-bond donors (Lipinski definition) is 1. The van der Waals surface area contributed by atoms with Gasteiger partial charge >= 0.3 is 0 Å². The van der Waals surface area contributed by atoms with E-state index in [1.807, 2.05) is 49.4 Å². The molecule has 110 valence electrons. The minimum atomic E-state index is -0.0963. The molecule has 0 atom stereocenters. The van der Waals surface area contributed by atoms with Crippen LogP contribution in [0.1, 0.15) is 42.3 Å². The van der Waals surface area contributed by atoms with E-state index in [1.165, 1.54) is 0 Å². The number of aryl methyl sites for hydroxylation is 1. The zero-order valence-electron chi connectivity index (χ0n) is 12.8. The van der Waals surface area contributed by atoms with Crippen molar-refractivity contribution in [3.05, 3.63) is 63.6 Å². The highest BCUT2D eigenvalue weighted by atomic mass is 79.9.